The highest BCUT2D eigenvalue weighted by Crippen LogP contribution is 2.24. The number of nitrogens with one attached hydrogen (secondary N) is 1. The summed E-state index contributed by atoms with van der Waals surface area (Å²) in [5.74, 6) is -0.911. The number of aliphatic carboxylic acids is 1. The average Bonchev–Trinajstić information content (AvgIpc) is 2.47. The van der Waals surface area contributed by atoms with E-state index in [-0.39, 0.29) is 19.0 Å². The molecule has 0 radical (unpaired) electrons. The van der Waals surface area contributed by atoms with E-state index in [0.29, 0.717) is 13.1 Å². The number of carbonyl (C=O) groups excluding carboxylic acids is 1. The van der Waals surface area contributed by atoms with Crippen molar-refractivity contribution in [1.82, 2.24) is 10.2 Å². The van der Waals surface area contributed by atoms with E-state index in [2.05, 4.69) is 33.4 Å². The van der Waals surface area contributed by atoms with Crippen molar-refractivity contribution in [2.24, 2.45) is 0 Å². The number of hydrogen-bond donors (Lipinski definition) is 2. The third kappa shape index (κ3) is 4.60. The van der Waals surface area contributed by atoms with Crippen molar-refractivity contribution in [3.8, 4) is 0 Å². The van der Waals surface area contributed by atoms with Crippen LogP contribution in [-0.2, 0) is 4.79 Å². The molecule has 0 spiro atoms. The van der Waals surface area contributed by atoms with Crippen LogP contribution < -0.4 is 5.32 Å². The lowest BCUT2D eigenvalue weighted by molar-refractivity contribution is -0.136. The van der Waals surface area contributed by atoms with Gasteiger partial charge in [0, 0.05) is 24.1 Å². The molecule has 5 nitrogen and oxygen atoms in total. The number of carbonyl (C=O) groups is 2. The first-order chi connectivity index (χ1) is 10.1. The van der Waals surface area contributed by atoms with Gasteiger partial charge in [0.15, 0.2) is 0 Å². The summed E-state index contributed by atoms with van der Waals surface area (Å²) in [6.07, 6.45) is 2.78. The van der Waals surface area contributed by atoms with E-state index in [1.807, 2.05) is 18.2 Å². The van der Waals surface area contributed by atoms with E-state index in [1.54, 1.807) is 4.90 Å². The lowest BCUT2D eigenvalue weighted by atomic mass is 10.00. The molecule has 1 aliphatic rings. The molecule has 2 amide bonds. The summed E-state index contributed by atoms with van der Waals surface area (Å²) < 4.78 is 1.04. The molecule has 21 heavy (non-hydrogen) atoms. The summed E-state index contributed by atoms with van der Waals surface area (Å²) in [6, 6.07) is 7.88. The Hall–Kier alpha value is -1.82. The molecule has 0 aliphatic carbocycles. The summed E-state index contributed by atoms with van der Waals surface area (Å²) in [5, 5.41) is 11.2. The molecule has 2 N–H and O–H groups in total. The highest BCUT2D eigenvalue weighted by Gasteiger charge is 2.17. The number of nitrogens with zero attached hydrogens (tertiary/aromatic N) is 1. The van der Waals surface area contributed by atoms with Crippen LogP contribution in [0, 0.1) is 0 Å². The Labute approximate surface area is 131 Å². The molecule has 112 valence electrons. The van der Waals surface area contributed by atoms with E-state index < -0.39 is 5.97 Å². The van der Waals surface area contributed by atoms with Gasteiger partial charge in [0.05, 0.1) is 6.42 Å². The zero-order chi connectivity index (χ0) is 15.2. The molecule has 2 rings (SSSR count). The molecule has 0 aromatic heterocycles. The summed E-state index contributed by atoms with van der Waals surface area (Å²) >= 11 is 3.45. The molecule has 0 bridgehead atoms. The number of carboxylic acids is 1. The zero-order valence-corrected chi connectivity index (χ0v) is 13.1. The number of amides is 2. The van der Waals surface area contributed by atoms with Gasteiger partial charge in [-0.25, -0.2) is 4.79 Å². The fourth-order valence-electron chi connectivity index (χ4n) is 2.19. The fraction of sp³-hybridized carbons (Fsp3) is 0.333. The highest BCUT2D eigenvalue weighted by molar-refractivity contribution is 9.10. The highest BCUT2D eigenvalue weighted by atomic mass is 79.9. The Morgan fingerprint density at radius 1 is 1.38 bits per heavy atom. The van der Waals surface area contributed by atoms with Crippen LogP contribution in [0.4, 0.5) is 4.79 Å². The van der Waals surface area contributed by atoms with Gasteiger partial charge >= 0.3 is 12.0 Å². The quantitative estimate of drug-likeness (QED) is 0.875. The molecule has 0 unspecified atom stereocenters. The van der Waals surface area contributed by atoms with Gasteiger partial charge in [-0.1, -0.05) is 34.1 Å². The molecular weight excluding hydrogens is 336 g/mol. The number of urea groups is 1. The molecule has 0 atom stereocenters. The maximum atomic E-state index is 11.9. The maximum absolute atomic E-state index is 11.9. The van der Waals surface area contributed by atoms with Crippen LogP contribution in [0.15, 0.2) is 34.8 Å². The van der Waals surface area contributed by atoms with E-state index in [4.69, 9.17) is 5.11 Å². The van der Waals surface area contributed by atoms with Gasteiger partial charge < -0.3 is 15.3 Å². The molecule has 1 aliphatic heterocycles. The topological polar surface area (TPSA) is 69.6 Å². The average molecular weight is 353 g/mol. The van der Waals surface area contributed by atoms with Gasteiger partial charge in [-0.3, -0.25) is 4.79 Å². The Morgan fingerprint density at radius 2 is 2.19 bits per heavy atom. The van der Waals surface area contributed by atoms with Gasteiger partial charge in [-0.2, -0.15) is 0 Å². The second kappa shape index (κ2) is 7.26. The summed E-state index contributed by atoms with van der Waals surface area (Å²) in [7, 11) is 0. The van der Waals surface area contributed by atoms with Gasteiger partial charge in [-0.05, 0) is 29.7 Å². The second-order valence-corrected chi connectivity index (χ2v) is 5.73. The van der Waals surface area contributed by atoms with Gasteiger partial charge in [0.1, 0.15) is 0 Å². The van der Waals surface area contributed by atoms with Crippen molar-refractivity contribution in [2.75, 3.05) is 19.6 Å². The first-order valence-electron chi connectivity index (χ1n) is 6.76. The minimum absolute atomic E-state index is 0.0568. The van der Waals surface area contributed by atoms with Crippen LogP contribution in [0.3, 0.4) is 0 Å². The lowest BCUT2D eigenvalue weighted by Gasteiger charge is -2.26. The standard InChI is InChI=1S/C15H17BrN2O3/c16-13-3-1-2-12(10-13)11-5-8-18(9-6-11)15(21)17-7-4-14(19)20/h1-3,5,10H,4,6-9H2,(H,17,21)(H,19,20). The number of carboxylic acid groups (broad SMARTS) is 1. The predicted molar refractivity (Wildman–Crippen MR) is 84.0 cm³/mol. The monoisotopic (exact) mass is 352 g/mol. The lowest BCUT2D eigenvalue weighted by Crippen LogP contribution is -2.42. The van der Waals surface area contributed by atoms with Crippen molar-refractivity contribution in [3.63, 3.8) is 0 Å². The minimum Gasteiger partial charge on any atom is -0.481 e. The Bertz CT molecular complexity index is 572. The number of benzene rings is 1. The van der Waals surface area contributed by atoms with Gasteiger partial charge in [-0.15, -0.1) is 0 Å². The molecule has 0 saturated heterocycles. The van der Waals surface area contributed by atoms with Crippen LogP contribution in [0.2, 0.25) is 0 Å². The number of hydrogen-bond acceptors (Lipinski definition) is 2. The van der Waals surface area contributed by atoms with Crippen LogP contribution in [-0.4, -0.2) is 41.6 Å². The number of rotatable bonds is 4. The summed E-state index contributed by atoms with van der Waals surface area (Å²) in [5.41, 5.74) is 2.39. The van der Waals surface area contributed by atoms with Crippen LogP contribution in [0.1, 0.15) is 18.4 Å². The first kappa shape index (κ1) is 15.6. The molecule has 6 heteroatoms. The van der Waals surface area contributed by atoms with E-state index in [1.165, 1.54) is 5.57 Å². The van der Waals surface area contributed by atoms with Gasteiger partial charge in [0.25, 0.3) is 0 Å². The molecular formula is C15H17BrN2O3. The fourth-order valence-corrected chi connectivity index (χ4v) is 2.59. The predicted octanol–water partition coefficient (Wildman–Crippen LogP) is 2.72. The smallest absolute Gasteiger partial charge is 0.317 e. The Morgan fingerprint density at radius 3 is 2.81 bits per heavy atom. The minimum atomic E-state index is -0.911. The van der Waals surface area contributed by atoms with E-state index in [0.717, 1.165) is 16.5 Å². The molecule has 0 saturated carbocycles. The third-order valence-corrected chi connectivity index (χ3v) is 3.80. The van der Waals surface area contributed by atoms with Crippen LogP contribution in [0.5, 0.6) is 0 Å². The largest absolute Gasteiger partial charge is 0.481 e. The third-order valence-electron chi connectivity index (χ3n) is 3.31. The molecule has 1 heterocycles. The van der Waals surface area contributed by atoms with Crippen molar-refractivity contribution >= 4 is 33.5 Å². The molecule has 1 aromatic rings. The second-order valence-electron chi connectivity index (χ2n) is 4.81. The normalized spacial score (nSPS) is 14.5. The van der Waals surface area contributed by atoms with Gasteiger partial charge in [0.2, 0.25) is 0 Å². The summed E-state index contributed by atoms with van der Waals surface area (Å²) in [6.45, 7) is 1.34. The van der Waals surface area contributed by atoms with Crippen LogP contribution in [0.25, 0.3) is 5.57 Å². The number of halogens is 1. The maximum Gasteiger partial charge on any atom is 0.317 e. The van der Waals surface area contributed by atoms with Crippen molar-refractivity contribution in [2.45, 2.75) is 12.8 Å². The van der Waals surface area contributed by atoms with E-state index >= 15 is 0 Å². The van der Waals surface area contributed by atoms with Crippen LogP contribution >= 0.6 is 15.9 Å². The van der Waals surface area contributed by atoms with E-state index in [9.17, 15) is 9.59 Å². The van der Waals surface area contributed by atoms with Crippen molar-refractivity contribution in [3.05, 3.63) is 40.4 Å². The molecule has 0 fully saturated rings. The van der Waals surface area contributed by atoms with Crippen molar-refractivity contribution in [1.29, 1.82) is 0 Å². The SMILES string of the molecule is O=C(O)CCNC(=O)N1CC=C(c2cccc(Br)c2)CC1. The first-order valence-corrected chi connectivity index (χ1v) is 7.55. The zero-order valence-electron chi connectivity index (χ0n) is 11.5. The Balaban J connectivity index is 1.89. The van der Waals surface area contributed by atoms with Crippen molar-refractivity contribution < 1.29 is 14.7 Å². The Kier molecular flexibility index (Phi) is 5.38. The summed E-state index contributed by atoms with van der Waals surface area (Å²) in [4.78, 5) is 24.0. The molecule has 1 aromatic carbocycles.